The number of nitrogens with one attached hydrogen (secondary N) is 1. The third kappa shape index (κ3) is 3.67. The van der Waals surface area contributed by atoms with Gasteiger partial charge in [0.25, 0.3) is 0 Å². The highest BCUT2D eigenvalue weighted by Crippen LogP contribution is 2.20. The van der Waals surface area contributed by atoms with Crippen molar-refractivity contribution >= 4 is 11.9 Å². The molecular weight excluding hydrogens is 258 g/mol. The van der Waals surface area contributed by atoms with Gasteiger partial charge < -0.3 is 14.5 Å². The van der Waals surface area contributed by atoms with E-state index in [0.29, 0.717) is 17.8 Å². The number of hydrogen-bond acceptors (Lipinski definition) is 8. The molecule has 3 N–H and O–H groups in total. The molecule has 1 aliphatic heterocycles. The highest BCUT2D eigenvalue weighted by atomic mass is 16.5. The summed E-state index contributed by atoms with van der Waals surface area (Å²) in [5.41, 5.74) is 2.43. The molecule has 0 saturated carbocycles. The van der Waals surface area contributed by atoms with Crippen LogP contribution in [0.3, 0.4) is 0 Å². The van der Waals surface area contributed by atoms with E-state index in [0.717, 1.165) is 19.6 Å². The van der Waals surface area contributed by atoms with Crippen molar-refractivity contribution in [3.8, 4) is 6.01 Å². The Kier molecular flexibility index (Phi) is 4.91. The Balaban J connectivity index is 2.02. The summed E-state index contributed by atoms with van der Waals surface area (Å²) in [6, 6.07) is 0.262. The number of nitrogen functional groups attached to an aromatic ring is 1. The summed E-state index contributed by atoms with van der Waals surface area (Å²) >= 11 is 0. The van der Waals surface area contributed by atoms with Gasteiger partial charge in [0.1, 0.15) is 0 Å². The average Bonchev–Trinajstić information content (AvgIpc) is 2.48. The molecule has 0 spiro atoms. The molecule has 1 saturated heterocycles. The second-order valence-corrected chi connectivity index (χ2v) is 5.22. The standard InChI is InChI=1S/C12H23N7O/c1-18-6-4-9(5-7-18)8-19(2)11-14-10(17-13)15-12(16-11)20-3/h9H,4-8,13H2,1-3H3,(H,14,15,16,17). The van der Waals surface area contributed by atoms with Crippen LogP contribution in [0.25, 0.3) is 0 Å². The van der Waals surface area contributed by atoms with Crippen LogP contribution in [0.5, 0.6) is 6.01 Å². The maximum Gasteiger partial charge on any atom is 0.322 e. The predicted molar refractivity (Wildman–Crippen MR) is 77.7 cm³/mol. The Labute approximate surface area is 119 Å². The van der Waals surface area contributed by atoms with Crippen LogP contribution in [-0.2, 0) is 0 Å². The van der Waals surface area contributed by atoms with Crippen molar-refractivity contribution < 1.29 is 4.74 Å². The van der Waals surface area contributed by atoms with Crippen LogP contribution in [0.2, 0.25) is 0 Å². The molecule has 2 rings (SSSR count). The number of ether oxygens (including phenoxy) is 1. The minimum atomic E-state index is 0.262. The quantitative estimate of drug-likeness (QED) is 0.573. The van der Waals surface area contributed by atoms with E-state index in [4.69, 9.17) is 10.6 Å². The van der Waals surface area contributed by atoms with Crippen molar-refractivity contribution in [2.24, 2.45) is 11.8 Å². The number of methoxy groups -OCH3 is 1. The minimum Gasteiger partial charge on any atom is -0.467 e. The van der Waals surface area contributed by atoms with Crippen molar-refractivity contribution in [1.82, 2.24) is 19.9 Å². The van der Waals surface area contributed by atoms with Gasteiger partial charge in [0, 0.05) is 13.6 Å². The zero-order chi connectivity index (χ0) is 14.5. The van der Waals surface area contributed by atoms with E-state index in [9.17, 15) is 0 Å². The summed E-state index contributed by atoms with van der Waals surface area (Å²) in [6.45, 7) is 3.22. The zero-order valence-corrected chi connectivity index (χ0v) is 12.3. The first kappa shape index (κ1) is 14.7. The van der Waals surface area contributed by atoms with Crippen molar-refractivity contribution in [3.63, 3.8) is 0 Å². The van der Waals surface area contributed by atoms with E-state index < -0.39 is 0 Å². The van der Waals surface area contributed by atoms with Gasteiger partial charge in [0.05, 0.1) is 7.11 Å². The van der Waals surface area contributed by atoms with Crippen LogP contribution >= 0.6 is 0 Å². The molecule has 8 heteroatoms. The van der Waals surface area contributed by atoms with Crippen LogP contribution in [0.1, 0.15) is 12.8 Å². The first-order valence-corrected chi connectivity index (χ1v) is 6.78. The molecule has 1 fully saturated rings. The summed E-state index contributed by atoms with van der Waals surface area (Å²) < 4.78 is 5.06. The molecule has 0 aliphatic carbocycles. The number of anilines is 2. The maximum atomic E-state index is 5.36. The molecule has 2 heterocycles. The number of piperidine rings is 1. The normalized spacial score (nSPS) is 17.0. The third-order valence-corrected chi connectivity index (χ3v) is 3.63. The fourth-order valence-electron chi connectivity index (χ4n) is 2.39. The number of hydrogen-bond donors (Lipinski definition) is 2. The lowest BCUT2D eigenvalue weighted by Crippen LogP contribution is -2.36. The fourth-order valence-corrected chi connectivity index (χ4v) is 2.39. The highest BCUT2D eigenvalue weighted by molar-refractivity contribution is 5.36. The van der Waals surface area contributed by atoms with Crippen molar-refractivity contribution in [2.45, 2.75) is 12.8 Å². The molecule has 20 heavy (non-hydrogen) atoms. The van der Waals surface area contributed by atoms with Crippen molar-refractivity contribution in [1.29, 1.82) is 0 Å². The lowest BCUT2D eigenvalue weighted by molar-refractivity contribution is 0.222. The van der Waals surface area contributed by atoms with Crippen molar-refractivity contribution in [2.75, 3.05) is 51.2 Å². The molecule has 0 radical (unpaired) electrons. The number of aromatic nitrogens is 3. The molecule has 0 bridgehead atoms. The van der Waals surface area contributed by atoms with Crippen LogP contribution in [0, 0.1) is 5.92 Å². The second kappa shape index (κ2) is 6.67. The van der Waals surface area contributed by atoms with Crippen LogP contribution < -0.4 is 20.9 Å². The molecular formula is C12H23N7O. The van der Waals surface area contributed by atoms with Crippen LogP contribution in [0.4, 0.5) is 11.9 Å². The van der Waals surface area contributed by atoms with Gasteiger partial charge in [-0.3, -0.25) is 5.43 Å². The molecule has 0 aromatic carbocycles. The van der Waals surface area contributed by atoms with Gasteiger partial charge in [-0.15, -0.1) is 0 Å². The Bertz CT molecular complexity index is 412. The Hall–Kier alpha value is -1.67. The van der Waals surface area contributed by atoms with Gasteiger partial charge in [-0.25, -0.2) is 5.84 Å². The smallest absolute Gasteiger partial charge is 0.322 e. The first-order valence-electron chi connectivity index (χ1n) is 6.78. The monoisotopic (exact) mass is 281 g/mol. The predicted octanol–water partition coefficient (Wildman–Crippen LogP) is -0.0562. The number of nitrogens with two attached hydrogens (primary N) is 1. The summed E-state index contributed by atoms with van der Waals surface area (Å²) in [7, 11) is 5.67. The Morgan fingerprint density at radius 2 is 2.05 bits per heavy atom. The zero-order valence-electron chi connectivity index (χ0n) is 12.3. The SMILES string of the molecule is COc1nc(NN)nc(N(C)CC2CCN(C)CC2)n1. The lowest BCUT2D eigenvalue weighted by Gasteiger charge is -2.31. The fraction of sp³-hybridized carbons (Fsp3) is 0.750. The molecule has 0 unspecified atom stereocenters. The number of rotatable bonds is 5. The van der Waals surface area contributed by atoms with Gasteiger partial charge >= 0.3 is 6.01 Å². The molecule has 0 atom stereocenters. The summed E-state index contributed by atoms with van der Waals surface area (Å²) in [5, 5.41) is 0. The van der Waals surface area contributed by atoms with E-state index in [1.54, 1.807) is 0 Å². The Morgan fingerprint density at radius 3 is 2.65 bits per heavy atom. The van der Waals surface area contributed by atoms with E-state index in [1.165, 1.54) is 20.0 Å². The largest absolute Gasteiger partial charge is 0.467 e. The van der Waals surface area contributed by atoms with Crippen LogP contribution in [0.15, 0.2) is 0 Å². The Morgan fingerprint density at radius 1 is 1.35 bits per heavy atom. The number of hydrazine groups is 1. The third-order valence-electron chi connectivity index (χ3n) is 3.63. The highest BCUT2D eigenvalue weighted by Gasteiger charge is 2.20. The molecule has 1 aliphatic rings. The molecule has 112 valence electrons. The van der Waals surface area contributed by atoms with Gasteiger partial charge in [-0.1, -0.05) is 0 Å². The molecule has 1 aromatic heterocycles. The van der Waals surface area contributed by atoms with Gasteiger partial charge in [-0.2, -0.15) is 15.0 Å². The average molecular weight is 281 g/mol. The maximum absolute atomic E-state index is 5.36. The molecule has 8 nitrogen and oxygen atoms in total. The van der Waals surface area contributed by atoms with Gasteiger partial charge in [-0.05, 0) is 38.9 Å². The molecule has 0 amide bonds. The topological polar surface area (TPSA) is 92.4 Å². The summed E-state index contributed by atoms with van der Waals surface area (Å²) in [5.74, 6) is 6.90. The lowest BCUT2D eigenvalue weighted by atomic mass is 9.97. The number of likely N-dealkylation sites (tertiary alicyclic amines) is 1. The minimum absolute atomic E-state index is 0.262. The van der Waals surface area contributed by atoms with E-state index in [2.05, 4.69) is 32.3 Å². The van der Waals surface area contributed by atoms with Gasteiger partial charge in [0.2, 0.25) is 11.9 Å². The van der Waals surface area contributed by atoms with Crippen molar-refractivity contribution in [3.05, 3.63) is 0 Å². The second-order valence-electron chi connectivity index (χ2n) is 5.22. The first-order chi connectivity index (χ1) is 9.62. The molecule has 1 aromatic rings. The van der Waals surface area contributed by atoms with Gasteiger partial charge in [0.15, 0.2) is 0 Å². The van der Waals surface area contributed by atoms with E-state index >= 15 is 0 Å². The van der Waals surface area contributed by atoms with E-state index in [-0.39, 0.29) is 6.01 Å². The number of nitrogens with zero attached hydrogens (tertiary/aromatic N) is 5. The van der Waals surface area contributed by atoms with E-state index in [1.807, 2.05) is 11.9 Å². The summed E-state index contributed by atoms with van der Waals surface area (Å²) in [6.07, 6.45) is 2.40. The summed E-state index contributed by atoms with van der Waals surface area (Å²) in [4.78, 5) is 16.9. The van der Waals surface area contributed by atoms with Crippen LogP contribution in [-0.4, -0.2) is 60.7 Å².